The van der Waals surface area contributed by atoms with Gasteiger partial charge in [0.25, 0.3) is 0 Å². The fourth-order valence-corrected chi connectivity index (χ4v) is 1.56. The highest BCUT2D eigenvalue weighted by Gasteiger charge is 2.30. The Morgan fingerprint density at radius 3 is 2.19 bits per heavy atom. The van der Waals surface area contributed by atoms with E-state index in [1.165, 1.54) is 0 Å². The van der Waals surface area contributed by atoms with Gasteiger partial charge in [-0.2, -0.15) is 13.2 Å². The number of nitro benzene ring substituents is 1. The van der Waals surface area contributed by atoms with Crippen LogP contribution in [0.1, 0.15) is 5.56 Å². The number of nitrogens with zero attached hydrogens (tertiary/aromatic N) is 1. The maximum Gasteiger partial charge on any atom is 0.416 e. The number of hydrogen-bond donors (Lipinski definition) is 0. The molecule has 0 saturated carbocycles. The Balaban J connectivity index is 2.28. The van der Waals surface area contributed by atoms with Crippen molar-refractivity contribution in [2.24, 2.45) is 0 Å². The van der Waals surface area contributed by atoms with Crippen LogP contribution >= 0.6 is 0 Å². The van der Waals surface area contributed by atoms with Crippen LogP contribution in [0.5, 0.6) is 11.5 Å². The average Bonchev–Trinajstić information content (AvgIpc) is 2.40. The largest absolute Gasteiger partial charge is 0.450 e. The molecule has 0 unspecified atom stereocenters. The molecule has 0 radical (unpaired) electrons. The van der Waals surface area contributed by atoms with Gasteiger partial charge in [-0.25, -0.2) is 4.39 Å². The summed E-state index contributed by atoms with van der Waals surface area (Å²) in [5.74, 6) is -1.11. The first-order valence-corrected chi connectivity index (χ1v) is 5.56. The van der Waals surface area contributed by atoms with E-state index < -0.39 is 28.2 Å². The van der Waals surface area contributed by atoms with Crippen LogP contribution < -0.4 is 4.74 Å². The Labute approximate surface area is 115 Å². The lowest BCUT2D eigenvalue weighted by Crippen LogP contribution is -2.04. The molecule has 21 heavy (non-hydrogen) atoms. The van der Waals surface area contributed by atoms with Crippen LogP contribution in [0.2, 0.25) is 0 Å². The minimum absolute atomic E-state index is 0.0299. The Morgan fingerprint density at radius 1 is 1.05 bits per heavy atom. The number of benzene rings is 2. The van der Waals surface area contributed by atoms with Crippen molar-refractivity contribution in [3.63, 3.8) is 0 Å². The van der Waals surface area contributed by atoms with Crippen molar-refractivity contribution in [1.82, 2.24) is 0 Å². The van der Waals surface area contributed by atoms with Gasteiger partial charge in [0.15, 0.2) is 0 Å². The number of halogens is 4. The van der Waals surface area contributed by atoms with Crippen LogP contribution in [-0.2, 0) is 6.18 Å². The molecule has 0 spiro atoms. The van der Waals surface area contributed by atoms with Crippen molar-refractivity contribution < 1.29 is 27.2 Å². The third-order valence-corrected chi connectivity index (χ3v) is 2.53. The van der Waals surface area contributed by atoms with Crippen LogP contribution in [-0.4, -0.2) is 4.92 Å². The van der Waals surface area contributed by atoms with Gasteiger partial charge in [0.05, 0.1) is 16.6 Å². The minimum Gasteiger partial charge on any atom is -0.450 e. The molecular weight excluding hydrogens is 294 g/mol. The van der Waals surface area contributed by atoms with E-state index in [0.717, 1.165) is 36.4 Å². The summed E-state index contributed by atoms with van der Waals surface area (Å²) in [5.41, 5.74) is -1.49. The fraction of sp³-hybridized carbons (Fsp3) is 0.0769. The van der Waals surface area contributed by atoms with Crippen LogP contribution in [0.25, 0.3) is 0 Å². The van der Waals surface area contributed by atoms with Crippen LogP contribution in [0.15, 0.2) is 42.5 Å². The molecule has 0 aliphatic carbocycles. The van der Waals surface area contributed by atoms with Crippen molar-refractivity contribution >= 4 is 5.69 Å². The molecule has 4 nitrogen and oxygen atoms in total. The molecule has 2 rings (SSSR count). The molecule has 110 valence electrons. The molecule has 0 aliphatic rings. The Hall–Kier alpha value is -2.64. The molecule has 0 amide bonds. The zero-order chi connectivity index (χ0) is 15.6. The molecule has 0 aliphatic heterocycles. The lowest BCUT2D eigenvalue weighted by Gasteiger charge is -2.09. The first-order valence-electron chi connectivity index (χ1n) is 5.56. The lowest BCUT2D eigenvalue weighted by molar-refractivity contribution is -0.385. The highest BCUT2D eigenvalue weighted by atomic mass is 19.4. The quantitative estimate of drug-likeness (QED) is 0.475. The van der Waals surface area contributed by atoms with Gasteiger partial charge in [0.2, 0.25) is 5.75 Å². The van der Waals surface area contributed by atoms with Gasteiger partial charge in [-0.05, 0) is 36.4 Å². The summed E-state index contributed by atoms with van der Waals surface area (Å²) in [4.78, 5) is 9.92. The first kappa shape index (κ1) is 14.8. The number of ether oxygens (including phenoxy) is 1. The van der Waals surface area contributed by atoms with E-state index in [0.29, 0.717) is 6.07 Å². The van der Waals surface area contributed by atoms with E-state index in [1.54, 1.807) is 0 Å². The molecule has 8 heteroatoms. The summed E-state index contributed by atoms with van der Waals surface area (Å²) in [6, 6.07) is 6.26. The smallest absolute Gasteiger partial charge is 0.416 e. The van der Waals surface area contributed by atoms with E-state index in [2.05, 4.69) is 0 Å². The zero-order valence-electron chi connectivity index (χ0n) is 10.2. The molecule has 0 fully saturated rings. The molecular formula is C13H7F4NO3. The number of hydrogen-bond acceptors (Lipinski definition) is 3. The highest BCUT2D eigenvalue weighted by molar-refractivity contribution is 5.48. The van der Waals surface area contributed by atoms with Gasteiger partial charge in [-0.3, -0.25) is 10.1 Å². The van der Waals surface area contributed by atoms with Gasteiger partial charge >= 0.3 is 11.9 Å². The van der Waals surface area contributed by atoms with Crippen molar-refractivity contribution in [1.29, 1.82) is 0 Å². The van der Waals surface area contributed by atoms with Crippen LogP contribution in [0.4, 0.5) is 23.2 Å². The normalized spacial score (nSPS) is 11.2. The third-order valence-electron chi connectivity index (χ3n) is 2.53. The van der Waals surface area contributed by atoms with E-state index in [-0.39, 0.29) is 11.5 Å². The summed E-state index contributed by atoms with van der Waals surface area (Å²) in [6.45, 7) is 0. The molecule has 0 saturated heterocycles. The van der Waals surface area contributed by atoms with Crippen LogP contribution in [0.3, 0.4) is 0 Å². The topological polar surface area (TPSA) is 52.4 Å². The third kappa shape index (κ3) is 3.47. The van der Waals surface area contributed by atoms with E-state index in [1.807, 2.05) is 0 Å². The lowest BCUT2D eigenvalue weighted by atomic mass is 10.2. The van der Waals surface area contributed by atoms with Gasteiger partial charge in [0, 0.05) is 0 Å². The van der Waals surface area contributed by atoms with Crippen molar-refractivity contribution in [3.05, 3.63) is 64.0 Å². The Bertz CT molecular complexity index is 668. The number of nitro groups is 1. The minimum atomic E-state index is -4.49. The van der Waals surface area contributed by atoms with E-state index in [4.69, 9.17) is 4.74 Å². The summed E-state index contributed by atoms with van der Waals surface area (Å²) in [6.07, 6.45) is -4.49. The van der Waals surface area contributed by atoms with Gasteiger partial charge < -0.3 is 4.74 Å². The second-order valence-electron chi connectivity index (χ2n) is 3.99. The predicted octanol–water partition coefficient (Wildman–Crippen LogP) is 4.55. The number of rotatable bonds is 3. The first-order chi connectivity index (χ1) is 9.77. The summed E-state index contributed by atoms with van der Waals surface area (Å²) in [5, 5.41) is 10.8. The molecule has 0 aromatic heterocycles. The van der Waals surface area contributed by atoms with Crippen molar-refractivity contribution in [3.8, 4) is 11.5 Å². The van der Waals surface area contributed by atoms with Crippen molar-refractivity contribution in [2.75, 3.05) is 0 Å². The van der Waals surface area contributed by atoms with Crippen LogP contribution in [0, 0.1) is 15.9 Å². The molecule has 2 aromatic carbocycles. The predicted molar refractivity (Wildman–Crippen MR) is 64.6 cm³/mol. The van der Waals surface area contributed by atoms with Crippen molar-refractivity contribution in [2.45, 2.75) is 6.18 Å². The number of alkyl halides is 3. The molecule has 0 heterocycles. The average molecular weight is 301 g/mol. The monoisotopic (exact) mass is 301 g/mol. The molecule has 0 N–H and O–H groups in total. The maximum atomic E-state index is 12.9. The summed E-state index contributed by atoms with van der Waals surface area (Å²) in [7, 11) is 0. The molecule has 0 bridgehead atoms. The fourth-order valence-electron chi connectivity index (χ4n) is 1.56. The zero-order valence-corrected chi connectivity index (χ0v) is 10.2. The SMILES string of the molecule is O=[N+]([O-])c1cc(F)ccc1Oc1ccc(C(F)(F)F)cc1. The van der Waals surface area contributed by atoms with E-state index in [9.17, 15) is 27.7 Å². The molecule has 0 atom stereocenters. The van der Waals surface area contributed by atoms with Gasteiger partial charge in [0.1, 0.15) is 11.6 Å². The van der Waals surface area contributed by atoms with Gasteiger partial charge in [-0.1, -0.05) is 0 Å². The highest BCUT2D eigenvalue weighted by Crippen LogP contribution is 2.34. The Morgan fingerprint density at radius 2 is 1.67 bits per heavy atom. The second kappa shape index (κ2) is 5.39. The summed E-state index contributed by atoms with van der Waals surface area (Å²) < 4.78 is 55.2. The molecule has 2 aromatic rings. The Kier molecular flexibility index (Phi) is 3.79. The van der Waals surface area contributed by atoms with Gasteiger partial charge in [-0.15, -0.1) is 0 Å². The second-order valence-corrected chi connectivity index (χ2v) is 3.99. The summed E-state index contributed by atoms with van der Waals surface area (Å²) >= 11 is 0. The van der Waals surface area contributed by atoms with E-state index >= 15 is 0 Å². The maximum absolute atomic E-state index is 12.9. The standard InChI is InChI=1S/C13H7F4NO3/c14-9-3-6-12(11(7-9)18(19)20)21-10-4-1-8(2-5-10)13(15,16)17/h1-7H.